The van der Waals surface area contributed by atoms with Crippen LogP contribution in [0.4, 0.5) is 23.2 Å². The van der Waals surface area contributed by atoms with E-state index in [0.717, 1.165) is 0 Å². The van der Waals surface area contributed by atoms with E-state index in [0.29, 0.717) is 0 Å². The molecule has 1 saturated heterocycles. The predicted octanol–water partition coefficient (Wildman–Crippen LogP) is 2.20. The maximum absolute atomic E-state index is 13.7. The molecule has 1 aromatic rings. The molecule has 0 aliphatic carbocycles. The van der Waals surface area contributed by atoms with E-state index in [1.807, 2.05) is 4.91 Å². The molecule has 1 fully saturated rings. The third kappa shape index (κ3) is 2.76. The Morgan fingerprint density at radius 2 is 1.83 bits per heavy atom. The van der Waals surface area contributed by atoms with Crippen LogP contribution in [0, 0.1) is 23.3 Å². The molecule has 1 atom stereocenters. The minimum Gasteiger partial charge on any atom is -0.370 e. The molecular formula is C11H6F4N4O4. The number of halogens is 4. The molecule has 0 bridgehead atoms. The molecule has 8 nitrogen and oxygen atoms in total. The Hall–Kier alpha value is -2.85. The van der Waals surface area contributed by atoms with Crippen molar-refractivity contribution in [2.24, 2.45) is 5.11 Å². The van der Waals surface area contributed by atoms with Gasteiger partial charge in [0.1, 0.15) is 11.3 Å². The first-order valence-corrected chi connectivity index (χ1v) is 5.93. The Morgan fingerprint density at radius 3 is 2.26 bits per heavy atom. The number of hydrogen-bond acceptors (Lipinski definition) is 5. The third-order valence-corrected chi connectivity index (χ3v) is 2.90. The Bertz CT molecular complexity index is 721. The lowest BCUT2D eigenvalue weighted by atomic mass is 10.1. The quantitative estimate of drug-likeness (QED) is 0.300. The van der Waals surface area contributed by atoms with Crippen LogP contribution >= 0.6 is 0 Å². The zero-order chi connectivity index (χ0) is 17.3. The highest BCUT2D eigenvalue weighted by molar-refractivity contribution is 5.91. The van der Waals surface area contributed by atoms with E-state index >= 15 is 0 Å². The highest BCUT2D eigenvalue weighted by Gasteiger charge is 2.36. The largest absolute Gasteiger partial charge is 0.370 e. The Morgan fingerprint density at radius 1 is 1.26 bits per heavy atom. The molecule has 1 unspecified atom stereocenters. The van der Waals surface area contributed by atoms with E-state index in [4.69, 9.17) is 5.53 Å². The molecule has 1 aromatic carbocycles. The fourth-order valence-electron chi connectivity index (χ4n) is 1.82. The van der Waals surface area contributed by atoms with Gasteiger partial charge in [0.25, 0.3) is 5.91 Å². The van der Waals surface area contributed by atoms with Crippen molar-refractivity contribution in [2.45, 2.75) is 19.1 Å². The van der Waals surface area contributed by atoms with Crippen molar-refractivity contribution in [1.29, 1.82) is 0 Å². The van der Waals surface area contributed by atoms with Gasteiger partial charge in [-0.1, -0.05) is 5.11 Å². The molecule has 2 rings (SSSR count). The highest BCUT2D eigenvalue weighted by atomic mass is 19.2. The zero-order valence-corrected chi connectivity index (χ0v) is 11.0. The molecule has 1 heterocycles. The Balaban J connectivity index is 2.45. The van der Waals surface area contributed by atoms with Gasteiger partial charge in [0.15, 0.2) is 29.5 Å². The second-order valence-electron chi connectivity index (χ2n) is 4.29. The molecule has 1 N–H and O–H groups in total. The number of aliphatic hydroxyl groups is 1. The summed E-state index contributed by atoms with van der Waals surface area (Å²) in [6.07, 6.45) is -1.84. The fourth-order valence-corrected chi connectivity index (χ4v) is 1.82. The van der Waals surface area contributed by atoms with E-state index in [9.17, 15) is 32.3 Å². The summed E-state index contributed by atoms with van der Waals surface area (Å²) in [5.74, 6) is -11.4. The van der Waals surface area contributed by atoms with Gasteiger partial charge in [0, 0.05) is 17.8 Å². The summed E-state index contributed by atoms with van der Waals surface area (Å²) in [6, 6.07) is 0. The molecule has 0 saturated carbocycles. The van der Waals surface area contributed by atoms with E-state index in [1.165, 1.54) is 0 Å². The number of amides is 1. The SMILES string of the molecule is [N-]=[N+]=Nc1c(F)c(F)c(C(=O)ON2C(=O)CCC2O)c(F)c1F. The number of rotatable bonds is 3. The lowest BCUT2D eigenvalue weighted by molar-refractivity contribution is -0.191. The normalized spacial score (nSPS) is 17.2. The third-order valence-electron chi connectivity index (χ3n) is 2.90. The van der Waals surface area contributed by atoms with Gasteiger partial charge in [-0.05, 0) is 5.53 Å². The second kappa shape index (κ2) is 6.10. The maximum Gasteiger partial charge on any atom is 0.369 e. The average molecular weight is 334 g/mol. The minimum atomic E-state index is -2.17. The van der Waals surface area contributed by atoms with Crippen LogP contribution in [0.25, 0.3) is 10.4 Å². The smallest absolute Gasteiger partial charge is 0.369 e. The summed E-state index contributed by atoms with van der Waals surface area (Å²) in [5.41, 5.74) is 4.72. The second-order valence-corrected chi connectivity index (χ2v) is 4.29. The summed E-state index contributed by atoms with van der Waals surface area (Å²) in [5, 5.41) is 11.9. The van der Waals surface area contributed by atoms with Gasteiger partial charge < -0.3 is 9.94 Å². The number of azide groups is 1. The summed E-state index contributed by atoms with van der Waals surface area (Å²) in [7, 11) is 0. The van der Waals surface area contributed by atoms with Crippen LogP contribution in [-0.2, 0) is 9.63 Å². The van der Waals surface area contributed by atoms with Gasteiger partial charge in [-0.25, -0.2) is 22.4 Å². The average Bonchev–Trinajstić information content (AvgIpc) is 2.82. The lowest BCUT2D eigenvalue weighted by Crippen LogP contribution is -2.35. The van der Waals surface area contributed by atoms with Gasteiger partial charge in [-0.3, -0.25) is 4.79 Å². The van der Waals surface area contributed by atoms with Gasteiger partial charge in [-0.15, -0.1) is 5.06 Å². The topological polar surface area (TPSA) is 116 Å². The van der Waals surface area contributed by atoms with E-state index < -0.39 is 52.6 Å². The van der Waals surface area contributed by atoms with Crippen molar-refractivity contribution in [3.05, 3.63) is 39.3 Å². The number of nitrogens with zero attached hydrogens (tertiary/aromatic N) is 4. The van der Waals surface area contributed by atoms with Crippen LogP contribution in [0.5, 0.6) is 0 Å². The molecule has 1 aliphatic rings. The van der Waals surface area contributed by atoms with E-state index in [2.05, 4.69) is 9.95 Å². The molecule has 12 heteroatoms. The van der Waals surface area contributed by atoms with Gasteiger partial charge >= 0.3 is 5.97 Å². The Kier molecular flexibility index (Phi) is 4.38. The van der Waals surface area contributed by atoms with Crippen molar-refractivity contribution >= 4 is 17.6 Å². The standard InChI is InChI=1S/C11H6F4N4O4/c12-6-5(7(13)9(15)10(8(6)14)17-18-16)11(22)23-19-3(20)1-2-4(19)21/h3,20H,1-2H2. The van der Waals surface area contributed by atoms with Crippen LogP contribution in [0.2, 0.25) is 0 Å². The molecule has 0 aromatic heterocycles. The van der Waals surface area contributed by atoms with Gasteiger partial charge in [-0.2, -0.15) is 0 Å². The molecular weight excluding hydrogens is 328 g/mol. The number of aliphatic hydroxyl groups excluding tert-OH is 1. The first-order valence-electron chi connectivity index (χ1n) is 5.93. The van der Waals surface area contributed by atoms with E-state index in [-0.39, 0.29) is 17.9 Å². The Labute approximate surface area is 124 Å². The van der Waals surface area contributed by atoms with Crippen LogP contribution in [-0.4, -0.2) is 28.3 Å². The zero-order valence-electron chi connectivity index (χ0n) is 11.0. The number of carbonyl (C=O) groups is 2. The van der Waals surface area contributed by atoms with Crippen LogP contribution in [0.1, 0.15) is 23.2 Å². The maximum atomic E-state index is 13.7. The van der Waals surface area contributed by atoms with Crippen molar-refractivity contribution < 1.29 is 37.1 Å². The monoisotopic (exact) mass is 334 g/mol. The molecule has 23 heavy (non-hydrogen) atoms. The number of benzene rings is 1. The first-order chi connectivity index (χ1) is 10.8. The molecule has 1 amide bonds. The van der Waals surface area contributed by atoms with E-state index in [1.54, 1.807) is 0 Å². The number of carbonyl (C=O) groups excluding carboxylic acids is 2. The van der Waals surface area contributed by atoms with Crippen molar-refractivity contribution in [3.63, 3.8) is 0 Å². The number of hydroxylamine groups is 2. The van der Waals surface area contributed by atoms with Crippen molar-refractivity contribution in [1.82, 2.24) is 5.06 Å². The number of hydrogen-bond donors (Lipinski definition) is 1. The predicted molar refractivity (Wildman–Crippen MR) is 62.6 cm³/mol. The molecule has 122 valence electrons. The molecule has 0 spiro atoms. The lowest BCUT2D eigenvalue weighted by Gasteiger charge is -2.19. The minimum absolute atomic E-state index is 0.102. The first kappa shape index (κ1) is 16.5. The van der Waals surface area contributed by atoms with Crippen LogP contribution in [0.3, 0.4) is 0 Å². The highest BCUT2D eigenvalue weighted by Crippen LogP contribution is 2.31. The summed E-state index contributed by atoms with van der Waals surface area (Å²) in [4.78, 5) is 29.2. The fraction of sp³-hybridized carbons (Fsp3) is 0.273. The van der Waals surface area contributed by atoms with Crippen LogP contribution < -0.4 is 0 Å². The molecule has 1 aliphatic heterocycles. The van der Waals surface area contributed by atoms with Gasteiger partial charge in [0.05, 0.1) is 0 Å². The summed E-state index contributed by atoms with van der Waals surface area (Å²) in [6.45, 7) is 0. The van der Waals surface area contributed by atoms with Crippen LogP contribution in [0.15, 0.2) is 5.11 Å². The van der Waals surface area contributed by atoms with Gasteiger partial charge in [0.2, 0.25) is 0 Å². The summed E-state index contributed by atoms with van der Waals surface area (Å²) >= 11 is 0. The van der Waals surface area contributed by atoms with Crippen molar-refractivity contribution in [3.8, 4) is 0 Å². The van der Waals surface area contributed by atoms with Crippen molar-refractivity contribution in [2.75, 3.05) is 0 Å². The molecule has 0 radical (unpaired) electrons. The summed E-state index contributed by atoms with van der Waals surface area (Å²) < 4.78 is 54.5.